The number of piperidine rings is 1. The number of amides is 2. The van der Waals surface area contributed by atoms with Gasteiger partial charge in [0.1, 0.15) is 0 Å². The lowest BCUT2D eigenvalue weighted by Gasteiger charge is -2.38. The van der Waals surface area contributed by atoms with Crippen LogP contribution in [-0.4, -0.2) is 35.3 Å². The Kier molecular flexibility index (Phi) is 4.51. The molecule has 1 aliphatic rings. The lowest BCUT2D eigenvalue weighted by atomic mass is 9.91. The molecule has 3 atom stereocenters. The molecule has 4 N–H and O–H groups in total. The van der Waals surface area contributed by atoms with Gasteiger partial charge in [0.2, 0.25) is 11.8 Å². The van der Waals surface area contributed by atoms with Crippen molar-refractivity contribution in [1.29, 1.82) is 0 Å². The summed E-state index contributed by atoms with van der Waals surface area (Å²) in [6.45, 7) is 6.24. The highest BCUT2D eigenvalue weighted by molar-refractivity contribution is 5.84. The van der Waals surface area contributed by atoms with Crippen molar-refractivity contribution >= 4 is 11.8 Å². The second-order valence-electron chi connectivity index (χ2n) is 5.29. The van der Waals surface area contributed by atoms with Gasteiger partial charge in [0.05, 0.1) is 12.0 Å². The van der Waals surface area contributed by atoms with E-state index in [2.05, 4.69) is 0 Å². The van der Waals surface area contributed by atoms with E-state index in [1.165, 1.54) is 0 Å². The molecule has 17 heavy (non-hydrogen) atoms. The number of nitrogens with two attached hydrogens (primary N) is 2. The highest BCUT2D eigenvalue weighted by Crippen LogP contribution is 2.22. The van der Waals surface area contributed by atoms with Gasteiger partial charge in [-0.25, -0.2) is 0 Å². The molecule has 1 saturated heterocycles. The number of nitrogens with zero attached hydrogens (tertiary/aromatic N) is 1. The predicted octanol–water partition coefficient (Wildman–Crippen LogP) is 0.0821. The molecule has 0 aromatic rings. The fourth-order valence-corrected chi connectivity index (χ4v) is 2.12. The van der Waals surface area contributed by atoms with Gasteiger partial charge in [0.15, 0.2) is 0 Å². The van der Waals surface area contributed by atoms with Gasteiger partial charge >= 0.3 is 0 Å². The number of carbonyl (C=O) groups excluding carboxylic acids is 2. The van der Waals surface area contributed by atoms with Crippen molar-refractivity contribution in [3.05, 3.63) is 0 Å². The summed E-state index contributed by atoms with van der Waals surface area (Å²) in [5.74, 6) is -0.524. The molecule has 0 aliphatic carbocycles. The van der Waals surface area contributed by atoms with E-state index in [9.17, 15) is 9.59 Å². The minimum absolute atomic E-state index is 0.0709. The van der Waals surface area contributed by atoms with Gasteiger partial charge in [-0.1, -0.05) is 13.8 Å². The Morgan fingerprint density at radius 3 is 2.35 bits per heavy atom. The third kappa shape index (κ3) is 3.19. The van der Waals surface area contributed by atoms with Crippen LogP contribution in [0.5, 0.6) is 0 Å². The van der Waals surface area contributed by atoms with E-state index in [1.54, 1.807) is 4.90 Å². The average molecular weight is 241 g/mol. The number of hydrogen-bond donors (Lipinski definition) is 2. The third-order valence-electron chi connectivity index (χ3n) is 3.57. The molecule has 2 unspecified atom stereocenters. The monoisotopic (exact) mass is 241 g/mol. The first kappa shape index (κ1) is 14.0. The maximum absolute atomic E-state index is 12.2. The maximum atomic E-state index is 12.2. The van der Waals surface area contributed by atoms with Crippen molar-refractivity contribution in [3.63, 3.8) is 0 Å². The van der Waals surface area contributed by atoms with E-state index >= 15 is 0 Å². The van der Waals surface area contributed by atoms with Crippen LogP contribution in [0.15, 0.2) is 0 Å². The summed E-state index contributed by atoms with van der Waals surface area (Å²) in [6, 6.07) is -0.355. The summed E-state index contributed by atoms with van der Waals surface area (Å²) in [7, 11) is 0. The Morgan fingerprint density at radius 2 is 1.88 bits per heavy atom. The Morgan fingerprint density at radius 1 is 1.29 bits per heavy atom. The normalized spacial score (nSPS) is 27.0. The SMILES string of the molecule is CC(C)[C@H](N)C(=O)N1CC(C(N)=O)CCC1C. The quantitative estimate of drug-likeness (QED) is 0.733. The molecule has 5 heteroatoms. The molecule has 98 valence electrons. The van der Waals surface area contributed by atoms with Crippen molar-refractivity contribution in [2.24, 2.45) is 23.3 Å². The van der Waals surface area contributed by atoms with E-state index in [-0.39, 0.29) is 29.7 Å². The number of hydrogen-bond acceptors (Lipinski definition) is 3. The lowest BCUT2D eigenvalue weighted by molar-refractivity contribution is -0.139. The van der Waals surface area contributed by atoms with Gasteiger partial charge < -0.3 is 16.4 Å². The minimum Gasteiger partial charge on any atom is -0.369 e. The molecule has 0 saturated carbocycles. The van der Waals surface area contributed by atoms with Crippen molar-refractivity contribution in [3.8, 4) is 0 Å². The maximum Gasteiger partial charge on any atom is 0.240 e. The summed E-state index contributed by atoms with van der Waals surface area (Å²) >= 11 is 0. The summed E-state index contributed by atoms with van der Waals surface area (Å²) in [5.41, 5.74) is 11.2. The van der Waals surface area contributed by atoms with Crippen LogP contribution in [-0.2, 0) is 9.59 Å². The van der Waals surface area contributed by atoms with Crippen molar-refractivity contribution in [2.75, 3.05) is 6.54 Å². The predicted molar refractivity (Wildman–Crippen MR) is 65.9 cm³/mol. The number of rotatable bonds is 3. The zero-order chi connectivity index (χ0) is 13.2. The van der Waals surface area contributed by atoms with Gasteiger partial charge in [0, 0.05) is 12.6 Å². The first-order chi connectivity index (χ1) is 7.84. The largest absolute Gasteiger partial charge is 0.369 e. The van der Waals surface area contributed by atoms with Crippen LogP contribution in [0.2, 0.25) is 0 Å². The first-order valence-electron chi connectivity index (χ1n) is 6.20. The third-order valence-corrected chi connectivity index (χ3v) is 3.57. The van der Waals surface area contributed by atoms with Gasteiger partial charge in [-0.2, -0.15) is 0 Å². The standard InChI is InChI=1S/C12H23N3O2/c1-7(2)10(13)12(17)15-6-9(11(14)16)5-4-8(15)3/h7-10H,4-6,13H2,1-3H3,(H2,14,16)/t8?,9?,10-/m0/s1. The van der Waals surface area contributed by atoms with Crippen LogP contribution in [0.4, 0.5) is 0 Å². The van der Waals surface area contributed by atoms with Gasteiger partial charge in [-0.3, -0.25) is 9.59 Å². The summed E-state index contributed by atoms with van der Waals surface area (Å²) in [4.78, 5) is 25.1. The highest BCUT2D eigenvalue weighted by Gasteiger charge is 2.34. The molecule has 1 aliphatic heterocycles. The van der Waals surface area contributed by atoms with Crippen LogP contribution >= 0.6 is 0 Å². The Bertz CT molecular complexity index is 304. The van der Waals surface area contributed by atoms with Crippen LogP contribution < -0.4 is 11.5 Å². The van der Waals surface area contributed by atoms with Crippen molar-refractivity contribution in [1.82, 2.24) is 4.90 Å². The summed E-state index contributed by atoms with van der Waals surface area (Å²) in [6.07, 6.45) is 1.57. The smallest absolute Gasteiger partial charge is 0.240 e. The fourth-order valence-electron chi connectivity index (χ4n) is 2.12. The molecular weight excluding hydrogens is 218 g/mol. The van der Waals surface area contributed by atoms with Crippen molar-refractivity contribution < 1.29 is 9.59 Å². The average Bonchev–Trinajstić information content (AvgIpc) is 2.27. The van der Waals surface area contributed by atoms with Crippen molar-refractivity contribution in [2.45, 2.75) is 45.7 Å². The first-order valence-corrected chi connectivity index (χ1v) is 6.20. The summed E-state index contributed by atoms with van der Waals surface area (Å²) < 4.78 is 0. The van der Waals surface area contributed by atoms with Crippen LogP contribution in [0.3, 0.4) is 0 Å². The Labute approximate surface area is 103 Å². The number of carbonyl (C=O) groups is 2. The molecule has 1 fully saturated rings. The Hall–Kier alpha value is -1.10. The van der Waals surface area contributed by atoms with E-state index in [0.717, 1.165) is 12.8 Å². The lowest BCUT2D eigenvalue weighted by Crippen LogP contribution is -2.54. The molecule has 0 radical (unpaired) electrons. The zero-order valence-electron chi connectivity index (χ0n) is 10.8. The van der Waals surface area contributed by atoms with E-state index in [4.69, 9.17) is 11.5 Å². The van der Waals surface area contributed by atoms with Crippen LogP contribution in [0.1, 0.15) is 33.6 Å². The molecule has 1 rings (SSSR count). The Balaban J connectivity index is 2.73. The van der Waals surface area contributed by atoms with Gasteiger partial charge in [-0.05, 0) is 25.7 Å². The number of primary amides is 1. The molecule has 0 aromatic heterocycles. The molecule has 2 amide bonds. The summed E-state index contributed by atoms with van der Waals surface area (Å²) in [5, 5.41) is 0. The van der Waals surface area contributed by atoms with Crippen LogP contribution in [0, 0.1) is 11.8 Å². The molecular formula is C12H23N3O2. The topological polar surface area (TPSA) is 89.4 Å². The molecule has 0 aromatic carbocycles. The van der Waals surface area contributed by atoms with Gasteiger partial charge in [0.25, 0.3) is 0 Å². The van der Waals surface area contributed by atoms with Crippen LogP contribution in [0.25, 0.3) is 0 Å². The van der Waals surface area contributed by atoms with E-state index in [1.807, 2.05) is 20.8 Å². The minimum atomic E-state index is -0.496. The molecule has 0 bridgehead atoms. The second-order valence-corrected chi connectivity index (χ2v) is 5.29. The highest BCUT2D eigenvalue weighted by atomic mass is 16.2. The van der Waals surface area contributed by atoms with E-state index < -0.39 is 6.04 Å². The fraction of sp³-hybridized carbons (Fsp3) is 0.833. The zero-order valence-corrected chi connectivity index (χ0v) is 10.8. The van der Waals surface area contributed by atoms with E-state index in [0.29, 0.717) is 6.54 Å². The number of likely N-dealkylation sites (tertiary alicyclic amines) is 1. The van der Waals surface area contributed by atoms with Gasteiger partial charge in [-0.15, -0.1) is 0 Å². The second kappa shape index (κ2) is 5.49. The molecule has 5 nitrogen and oxygen atoms in total. The molecule has 1 heterocycles. The molecule has 0 spiro atoms.